The van der Waals surface area contributed by atoms with E-state index in [-0.39, 0.29) is 6.03 Å². The normalized spacial score (nSPS) is 12.8. The van der Waals surface area contributed by atoms with Crippen LogP contribution in [0.1, 0.15) is 5.56 Å². The molecule has 2 heterocycles. The number of urea groups is 1. The van der Waals surface area contributed by atoms with Crippen LogP contribution in [0.2, 0.25) is 5.02 Å². The number of carbonyl (C=O) groups is 1. The number of carbonyl (C=O) groups excluding carboxylic acids is 1. The molecule has 0 saturated carbocycles. The van der Waals surface area contributed by atoms with E-state index in [4.69, 9.17) is 11.6 Å². The first-order valence-corrected chi connectivity index (χ1v) is 8.91. The van der Waals surface area contributed by atoms with Crippen molar-refractivity contribution in [2.24, 2.45) is 0 Å². The molecule has 2 amide bonds. The summed E-state index contributed by atoms with van der Waals surface area (Å²) in [7, 11) is 0. The molecular formula is C17H14ClN5OS. The third-order valence-corrected chi connectivity index (χ3v) is 4.97. The topological polar surface area (TPSA) is 70.1 Å². The van der Waals surface area contributed by atoms with Crippen LogP contribution in [-0.2, 0) is 6.42 Å². The summed E-state index contributed by atoms with van der Waals surface area (Å²) in [6.07, 6.45) is 0.982. The Balaban J connectivity index is 1.43. The number of hydrogen-bond donors (Lipinski definition) is 2. The van der Waals surface area contributed by atoms with Crippen molar-refractivity contribution in [3.05, 3.63) is 59.1 Å². The van der Waals surface area contributed by atoms with Crippen LogP contribution in [0.25, 0.3) is 0 Å². The highest BCUT2D eigenvalue weighted by Crippen LogP contribution is 2.36. The highest BCUT2D eigenvalue weighted by Gasteiger charge is 2.23. The molecule has 0 fully saturated rings. The van der Waals surface area contributed by atoms with Crippen molar-refractivity contribution >= 4 is 50.6 Å². The van der Waals surface area contributed by atoms with Crippen LogP contribution in [0, 0.1) is 0 Å². The second-order valence-corrected chi connectivity index (χ2v) is 6.90. The maximum Gasteiger partial charge on any atom is 0.325 e. The third kappa shape index (κ3) is 3.42. The minimum Gasteiger partial charge on any atom is -0.316 e. The molecule has 0 atom stereocenters. The number of nitrogens with one attached hydrogen (secondary N) is 2. The number of anilines is 4. The van der Waals surface area contributed by atoms with Crippen molar-refractivity contribution in [2.75, 3.05) is 22.1 Å². The molecule has 0 unspecified atom stereocenters. The molecule has 0 saturated heterocycles. The molecule has 4 rings (SSSR count). The first-order chi connectivity index (χ1) is 12.2. The summed E-state index contributed by atoms with van der Waals surface area (Å²) >= 11 is 7.18. The Morgan fingerprint density at radius 2 is 1.88 bits per heavy atom. The molecule has 8 heteroatoms. The van der Waals surface area contributed by atoms with Gasteiger partial charge in [-0.15, -0.1) is 10.2 Å². The zero-order chi connectivity index (χ0) is 17.2. The SMILES string of the molecule is O=C(Nc1ccc(Cl)cc1)Nc1nnc(N2CCc3ccccc32)s1. The van der Waals surface area contributed by atoms with Gasteiger partial charge in [0.2, 0.25) is 10.3 Å². The molecule has 6 nitrogen and oxygen atoms in total. The number of amides is 2. The lowest BCUT2D eigenvalue weighted by atomic mass is 10.2. The van der Waals surface area contributed by atoms with E-state index in [1.807, 2.05) is 12.1 Å². The van der Waals surface area contributed by atoms with Crippen molar-refractivity contribution in [3.8, 4) is 0 Å². The molecular weight excluding hydrogens is 358 g/mol. The van der Waals surface area contributed by atoms with Gasteiger partial charge in [0.25, 0.3) is 0 Å². The predicted molar refractivity (Wildman–Crippen MR) is 101 cm³/mol. The van der Waals surface area contributed by atoms with Gasteiger partial charge in [0.1, 0.15) is 0 Å². The fraction of sp³-hybridized carbons (Fsp3) is 0.118. The van der Waals surface area contributed by atoms with E-state index in [0.717, 1.165) is 23.8 Å². The van der Waals surface area contributed by atoms with Gasteiger partial charge in [0.05, 0.1) is 0 Å². The van der Waals surface area contributed by atoms with E-state index in [0.29, 0.717) is 15.8 Å². The highest BCUT2D eigenvalue weighted by molar-refractivity contribution is 7.19. The number of aromatic nitrogens is 2. The molecule has 126 valence electrons. The molecule has 1 aliphatic rings. The quantitative estimate of drug-likeness (QED) is 0.709. The molecule has 3 aromatic rings. The van der Waals surface area contributed by atoms with Crippen molar-refractivity contribution < 1.29 is 4.79 Å². The standard InChI is InChI=1S/C17H14ClN5OS/c18-12-5-7-13(8-6-12)19-15(24)20-16-21-22-17(25-16)23-10-9-11-3-1-2-4-14(11)23/h1-8H,9-10H2,(H2,19,20,21,24). The van der Waals surface area contributed by atoms with Crippen LogP contribution in [0.15, 0.2) is 48.5 Å². The molecule has 1 aromatic heterocycles. The minimum absolute atomic E-state index is 0.369. The van der Waals surface area contributed by atoms with E-state index < -0.39 is 0 Å². The Labute approximate surface area is 153 Å². The Bertz CT molecular complexity index is 911. The highest BCUT2D eigenvalue weighted by atomic mass is 35.5. The van der Waals surface area contributed by atoms with Crippen LogP contribution in [0.3, 0.4) is 0 Å². The maximum atomic E-state index is 12.1. The summed E-state index contributed by atoms with van der Waals surface area (Å²) in [4.78, 5) is 14.2. The lowest BCUT2D eigenvalue weighted by molar-refractivity contribution is 0.262. The van der Waals surface area contributed by atoms with Gasteiger partial charge in [-0.3, -0.25) is 5.32 Å². The van der Waals surface area contributed by atoms with Gasteiger partial charge >= 0.3 is 6.03 Å². The Morgan fingerprint density at radius 1 is 1.08 bits per heavy atom. The molecule has 2 N–H and O–H groups in total. The molecule has 0 bridgehead atoms. The van der Waals surface area contributed by atoms with E-state index in [2.05, 4.69) is 37.9 Å². The van der Waals surface area contributed by atoms with Crippen LogP contribution in [0.5, 0.6) is 0 Å². The molecule has 0 aliphatic carbocycles. The number of nitrogens with zero attached hydrogens (tertiary/aromatic N) is 3. The second-order valence-electron chi connectivity index (χ2n) is 5.51. The van der Waals surface area contributed by atoms with Crippen molar-refractivity contribution in [3.63, 3.8) is 0 Å². The van der Waals surface area contributed by atoms with Crippen LogP contribution < -0.4 is 15.5 Å². The minimum atomic E-state index is -0.369. The van der Waals surface area contributed by atoms with Crippen LogP contribution in [-0.4, -0.2) is 22.8 Å². The van der Waals surface area contributed by atoms with E-state index in [9.17, 15) is 4.79 Å². The van der Waals surface area contributed by atoms with Crippen molar-refractivity contribution in [2.45, 2.75) is 6.42 Å². The number of fused-ring (bicyclic) bond motifs is 1. The smallest absolute Gasteiger partial charge is 0.316 e. The predicted octanol–water partition coefficient (Wildman–Crippen LogP) is 4.53. The first kappa shape index (κ1) is 15.9. The van der Waals surface area contributed by atoms with Crippen LogP contribution >= 0.6 is 22.9 Å². The second kappa shape index (κ2) is 6.70. The first-order valence-electron chi connectivity index (χ1n) is 7.71. The summed E-state index contributed by atoms with van der Waals surface area (Å²) in [5.41, 5.74) is 3.10. The van der Waals surface area contributed by atoms with E-state index >= 15 is 0 Å². The fourth-order valence-corrected chi connectivity index (χ4v) is 3.61. The summed E-state index contributed by atoms with van der Waals surface area (Å²) < 4.78 is 0. The summed E-state index contributed by atoms with van der Waals surface area (Å²) in [5, 5.41) is 15.5. The van der Waals surface area contributed by atoms with Gasteiger partial charge in [-0.2, -0.15) is 0 Å². The molecule has 0 spiro atoms. The summed E-state index contributed by atoms with van der Waals surface area (Å²) in [6.45, 7) is 0.866. The maximum absolute atomic E-state index is 12.1. The van der Waals surface area contributed by atoms with Crippen molar-refractivity contribution in [1.82, 2.24) is 10.2 Å². The Hall–Kier alpha value is -2.64. The largest absolute Gasteiger partial charge is 0.325 e. The number of halogens is 1. The van der Waals surface area contributed by atoms with Gasteiger partial charge in [-0.25, -0.2) is 4.79 Å². The lowest BCUT2D eigenvalue weighted by Crippen LogP contribution is -2.19. The summed E-state index contributed by atoms with van der Waals surface area (Å²) in [6, 6.07) is 14.8. The Kier molecular flexibility index (Phi) is 4.25. The average Bonchev–Trinajstić information content (AvgIpc) is 3.23. The lowest BCUT2D eigenvalue weighted by Gasteiger charge is -2.14. The number of para-hydroxylation sites is 1. The number of rotatable bonds is 3. The summed E-state index contributed by atoms with van der Waals surface area (Å²) in [5.74, 6) is 0. The zero-order valence-electron chi connectivity index (χ0n) is 13.1. The number of benzene rings is 2. The zero-order valence-corrected chi connectivity index (χ0v) is 14.6. The molecule has 1 aliphatic heterocycles. The molecule has 2 aromatic carbocycles. The van der Waals surface area contributed by atoms with E-state index in [1.165, 1.54) is 16.9 Å². The van der Waals surface area contributed by atoms with Crippen LogP contribution in [0.4, 0.5) is 26.4 Å². The monoisotopic (exact) mass is 371 g/mol. The number of hydrogen-bond acceptors (Lipinski definition) is 5. The van der Waals surface area contributed by atoms with Gasteiger partial charge < -0.3 is 10.2 Å². The van der Waals surface area contributed by atoms with Gasteiger partial charge in [-0.1, -0.05) is 41.1 Å². The van der Waals surface area contributed by atoms with Gasteiger partial charge in [-0.05, 0) is 42.3 Å². The van der Waals surface area contributed by atoms with Gasteiger partial charge in [0.15, 0.2) is 0 Å². The van der Waals surface area contributed by atoms with Gasteiger partial charge in [0, 0.05) is 22.9 Å². The van der Waals surface area contributed by atoms with E-state index in [1.54, 1.807) is 24.3 Å². The molecule has 25 heavy (non-hydrogen) atoms. The third-order valence-electron chi connectivity index (χ3n) is 3.85. The average molecular weight is 372 g/mol. The molecule has 0 radical (unpaired) electrons. The Morgan fingerprint density at radius 3 is 2.72 bits per heavy atom. The fourth-order valence-electron chi connectivity index (χ4n) is 2.70. The van der Waals surface area contributed by atoms with Crippen molar-refractivity contribution in [1.29, 1.82) is 0 Å².